The Balaban J connectivity index is 1.55. The van der Waals surface area contributed by atoms with Gasteiger partial charge in [-0.2, -0.15) is 0 Å². The second kappa shape index (κ2) is 8.11. The summed E-state index contributed by atoms with van der Waals surface area (Å²) in [5, 5.41) is 12.9. The number of aliphatic hydroxyl groups excluding tert-OH is 1. The third-order valence-corrected chi connectivity index (χ3v) is 4.79. The number of anilines is 2. The van der Waals surface area contributed by atoms with Crippen LogP contribution in [0.1, 0.15) is 37.7 Å². The van der Waals surface area contributed by atoms with Gasteiger partial charge in [-0.15, -0.1) is 0 Å². The van der Waals surface area contributed by atoms with Gasteiger partial charge in [-0.25, -0.2) is 9.97 Å². The van der Waals surface area contributed by atoms with Crippen molar-refractivity contribution in [3.63, 3.8) is 0 Å². The normalized spacial score (nSPS) is 18.6. The Bertz CT molecular complexity index is 634. The highest BCUT2D eigenvalue weighted by molar-refractivity contribution is 5.49. The molecule has 0 radical (unpaired) electrons. The largest absolute Gasteiger partial charge is 0.394 e. The number of rotatable bonds is 7. The van der Waals surface area contributed by atoms with Crippen molar-refractivity contribution < 1.29 is 5.11 Å². The van der Waals surface area contributed by atoms with E-state index >= 15 is 0 Å². The minimum atomic E-state index is 0.182. The topological polar surface area (TPSA) is 61.3 Å². The Morgan fingerprint density at radius 2 is 2.12 bits per heavy atom. The van der Waals surface area contributed by atoms with E-state index in [9.17, 15) is 5.11 Å². The first-order valence-corrected chi connectivity index (χ1v) is 8.76. The molecular formula is C19H26N4O. The molecular weight excluding hydrogens is 300 g/mol. The summed E-state index contributed by atoms with van der Waals surface area (Å²) in [4.78, 5) is 10.9. The molecule has 0 spiro atoms. The predicted molar refractivity (Wildman–Crippen MR) is 97.4 cm³/mol. The van der Waals surface area contributed by atoms with Gasteiger partial charge in [0, 0.05) is 19.2 Å². The van der Waals surface area contributed by atoms with Gasteiger partial charge >= 0.3 is 0 Å². The van der Waals surface area contributed by atoms with Crippen LogP contribution in [0.5, 0.6) is 0 Å². The van der Waals surface area contributed by atoms with Crippen LogP contribution in [0, 0.1) is 0 Å². The Morgan fingerprint density at radius 3 is 2.92 bits per heavy atom. The van der Waals surface area contributed by atoms with Crippen molar-refractivity contribution in [3.8, 4) is 0 Å². The van der Waals surface area contributed by atoms with E-state index in [1.807, 2.05) is 6.07 Å². The van der Waals surface area contributed by atoms with Crippen LogP contribution in [0.15, 0.2) is 42.7 Å². The molecule has 5 heteroatoms. The van der Waals surface area contributed by atoms with Crippen molar-refractivity contribution in [3.05, 3.63) is 48.3 Å². The maximum absolute atomic E-state index is 9.48. The molecule has 2 N–H and O–H groups in total. The van der Waals surface area contributed by atoms with Gasteiger partial charge < -0.3 is 15.3 Å². The summed E-state index contributed by atoms with van der Waals surface area (Å²) in [5.74, 6) is 2.27. The molecule has 1 aromatic heterocycles. The summed E-state index contributed by atoms with van der Waals surface area (Å²) in [6.45, 7) is 4.25. The fourth-order valence-electron chi connectivity index (χ4n) is 3.29. The molecule has 0 aliphatic carbocycles. The molecule has 1 fully saturated rings. The first-order valence-electron chi connectivity index (χ1n) is 8.76. The van der Waals surface area contributed by atoms with E-state index in [-0.39, 0.29) is 12.6 Å². The second-order valence-electron chi connectivity index (χ2n) is 6.46. The van der Waals surface area contributed by atoms with E-state index in [4.69, 9.17) is 0 Å². The smallest absolute Gasteiger partial charge is 0.134 e. The number of hydrogen-bond acceptors (Lipinski definition) is 5. The molecule has 2 aromatic rings. The van der Waals surface area contributed by atoms with Crippen molar-refractivity contribution >= 4 is 11.6 Å². The average Bonchev–Trinajstić information content (AvgIpc) is 3.11. The van der Waals surface area contributed by atoms with Crippen LogP contribution in [-0.4, -0.2) is 40.8 Å². The third kappa shape index (κ3) is 4.03. The van der Waals surface area contributed by atoms with E-state index in [1.54, 1.807) is 6.33 Å². The van der Waals surface area contributed by atoms with Crippen LogP contribution in [-0.2, 0) is 0 Å². The molecule has 128 valence electrons. The monoisotopic (exact) mass is 326 g/mol. The fraction of sp³-hybridized carbons (Fsp3) is 0.474. The van der Waals surface area contributed by atoms with Crippen molar-refractivity contribution in [2.45, 2.75) is 38.1 Å². The molecule has 1 saturated heterocycles. The van der Waals surface area contributed by atoms with E-state index in [0.717, 1.165) is 44.0 Å². The van der Waals surface area contributed by atoms with E-state index in [2.05, 4.69) is 57.4 Å². The molecule has 1 aliphatic heterocycles. The zero-order valence-electron chi connectivity index (χ0n) is 14.2. The minimum absolute atomic E-state index is 0.182. The van der Waals surface area contributed by atoms with Gasteiger partial charge in [0.15, 0.2) is 0 Å². The molecule has 5 nitrogen and oxygen atoms in total. The van der Waals surface area contributed by atoms with Crippen LogP contribution in [0.3, 0.4) is 0 Å². The number of nitrogens with one attached hydrogen (secondary N) is 1. The van der Waals surface area contributed by atoms with Crippen LogP contribution < -0.4 is 10.2 Å². The zero-order valence-corrected chi connectivity index (χ0v) is 14.2. The van der Waals surface area contributed by atoms with Crippen molar-refractivity contribution in [2.75, 3.05) is 29.9 Å². The lowest BCUT2D eigenvalue weighted by molar-refractivity contribution is 0.266. The van der Waals surface area contributed by atoms with Gasteiger partial charge in [-0.05, 0) is 30.7 Å². The maximum atomic E-state index is 9.48. The Hall–Kier alpha value is -2.14. The van der Waals surface area contributed by atoms with E-state index < -0.39 is 0 Å². The SMILES string of the molecule is CC(CCNc1cc(N2CCCC2CO)ncn1)c1ccccc1. The summed E-state index contributed by atoms with van der Waals surface area (Å²) in [7, 11) is 0. The quantitative estimate of drug-likeness (QED) is 0.819. The molecule has 1 aliphatic rings. The Kier molecular flexibility index (Phi) is 5.64. The molecule has 0 bridgehead atoms. The van der Waals surface area contributed by atoms with E-state index in [1.165, 1.54) is 5.56 Å². The van der Waals surface area contributed by atoms with Crippen LogP contribution in [0.25, 0.3) is 0 Å². The summed E-state index contributed by atoms with van der Waals surface area (Å²) in [6.07, 6.45) is 4.78. The molecule has 1 aromatic carbocycles. The van der Waals surface area contributed by atoms with Crippen molar-refractivity contribution in [2.24, 2.45) is 0 Å². The molecule has 2 atom stereocenters. The fourth-order valence-corrected chi connectivity index (χ4v) is 3.29. The zero-order chi connectivity index (χ0) is 16.8. The lowest BCUT2D eigenvalue weighted by atomic mass is 9.98. The average molecular weight is 326 g/mol. The van der Waals surface area contributed by atoms with Crippen molar-refractivity contribution in [1.82, 2.24) is 9.97 Å². The van der Waals surface area contributed by atoms with Gasteiger partial charge in [-0.1, -0.05) is 37.3 Å². The van der Waals surface area contributed by atoms with Gasteiger partial charge in [0.25, 0.3) is 0 Å². The Morgan fingerprint density at radius 1 is 1.29 bits per heavy atom. The maximum Gasteiger partial charge on any atom is 0.134 e. The van der Waals surface area contributed by atoms with Gasteiger partial charge in [0.1, 0.15) is 18.0 Å². The first-order chi connectivity index (χ1) is 11.8. The molecule has 24 heavy (non-hydrogen) atoms. The van der Waals surface area contributed by atoms with E-state index in [0.29, 0.717) is 5.92 Å². The summed E-state index contributed by atoms with van der Waals surface area (Å²) >= 11 is 0. The minimum Gasteiger partial charge on any atom is -0.394 e. The molecule has 0 saturated carbocycles. The third-order valence-electron chi connectivity index (χ3n) is 4.79. The molecule has 0 amide bonds. The summed E-state index contributed by atoms with van der Waals surface area (Å²) in [5.41, 5.74) is 1.37. The first kappa shape index (κ1) is 16.7. The summed E-state index contributed by atoms with van der Waals surface area (Å²) < 4.78 is 0. The van der Waals surface area contributed by atoms with Crippen LogP contribution in [0.4, 0.5) is 11.6 Å². The van der Waals surface area contributed by atoms with Gasteiger partial charge in [0.05, 0.1) is 12.6 Å². The highest BCUT2D eigenvalue weighted by atomic mass is 16.3. The number of aromatic nitrogens is 2. The number of aliphatic hydroxyl groups is 1. The number of hydrogen-bond donors (Lipinski definition) is 2. The highest BCUT2D eigenvalue weighted by Gasteiger charge is 2.25. The second-order valence-corrected chi connectivity index (χ2v) is 6.46. The van der Waals surface area contributed by atoms with Gasteiger partial charge in [-0.3, -0.25) is 0 Å². The molecule has 2 unspecified atom stereocenters. The number of benzene rings is 1. The Labute approximate surface area is 143 Å². The number of nitrogens with zero attached hydrogens (tertiary/aromatic N) is 3. The lowest BCUT2D eigenvalue weighted by Crippen LogP contribution is -2.32. The predicted octanol–water partition coefficient (Wildman–Crippen LogP) is 3.04. The van der Waals surface area contributed by atoms with Crippen molar-refractivity contribution in [1.29, 1.82) is 0 Å². The van der Waals surface area contributed by atoms with Crippen LogP contribution in [0.2, 0.25) is 0 Å². The molecule has 2 heterocycles. The van der Waals surface area contributed by atoms with Gasteiger partial charge in [0.2, 0.25) is 0 Å². The highest BCUT2D eigenvalue weighted by Crippen LogP contribution is 2.25. The molecule has 3 rings (SSSR count). The lowest BCUT2D eigenvalue weighted by Gasteiger charge is -2.24. The standard InChI is InChI=1S/C19H26N4O/c1-15(16-6-3-2-4-7-16)9-10-20-18-12-19(22-14-21-18)23-11-5-8-17(23)13-24/h2-4,6-7,12,14-15,17,24H,5,8-11,13H2,1H3,(H,20,21,22). The van der Waals surface area contributed by atoms with Crippen LogP contribution >= 0.6 is 0 Å². The summed E-state index contributed by atoms with van der Waals surface area (Å²) in [6, 6.07) is 12.8.